The minimum Gasteiger partial charge on any atom is -0.468 e. The molecule has 0 spiro atoms. The molecule has 0 radical (unpaired) electrons. The molecule has 0 saturated carbocycles. The topological polar surface area (TPSA) is 37.6 Å². The van der Waals surface area contributed by atoms with Crippen molar-refractivity contribution in [3.63, 3.8) is 0 Å². The van der Waals surface area contributed by atoms with Gasteiger partial charge in [0.05, 0.1) is 18.9 Å². The van der Waals surface area contributed by atoms with E-state index >= 15 is 0 Å². The maximum Gasteiger partial charge on any atom is 0.118 e. The fourth-order valence-corrected chi connectivity index (χ4v) is 2.62. The largest absolute Gasteiger partial charge is 0.468 e. The van der Waals surface area contributed by atoms with E-state index < -0.39 is 0 Å². The van der Waals surface area contributed by atoms with Crippen molar-refractivity contribution < 1.29 is 9.15 Å². The fourth-order valence-electron chi connectivity index (χ4n) is 2.62. The van der Waals surface area contributed by atoms with Crippen molar-refractivity contribution in [3.8, 4) is 0 Å². The Hall–Kier alpha value is -0.840. The van der Waals surface area contributed by atoms with Gasteiger partial charge in [-0.25, -0.2) is 0 Å². The second kappa shape index (κ2) is 7.68. The predicted octanol–water partition coefficient (Wildman–Crippen LogP) is 2.39. The normalized spacial score (nSPS) is 20.8. The maximum absolute atomic E-state index is 5.73. The molecule has 1 aliphatic heterocycles. The van der Waals surface area contributed by atoms with Crippen LogP contribution in [0.1, 0.15) is 38.0 Å². The van der Waals surface area contributed by atoms with Crippen molar-refractivity contribution in [2.45, 2.75) is 45.9 Å². The summed E-state index contributed by atoms with van der Waals surface area (Å²) in [6.45, 7) is 9.94. The molecule has 19 heavy (non-hydrogen) atoms. The highest BCUT2D eigenvalue weighted by Crippen LogP contribution is 2.17. The first-order valence-electron chi connectivity index (χ1n) is 7.42. The van der Waals surface area contributed by atoms with Gasteiger partial charge in [0.15, 0.2) is 0 Å². The van der Waals surface area contributed by atoms with E-state index in [0.717, 1.165) is 45.1 Å². The molecule has 4 nitrogen and oxygen atoms in total. The zero-order valence-electron chi connectivity index (χ0n) is 12.2. The highest BCUT2D eigenvalue weighted by Gasteiger charge is 2.20. The zero-order valence-corrected chi connectivity index (χ0v) is 12.2. The number of ether oxygens (including phenoxy) is 1. The summed E-state index contributed by atoms with van der Waals surface area (Å²) in [6, 6.07) is 2.16. The van der Waals surface area contributed by atoms with Crippen LogP contribution in [0, 0.1) is 0 Å². The molecule has 1 aliphatic rings. The van der Waals surface area contributed by atoms with E-state index in [2.05, 4.69) is 30.1 Å². The molecule has 1 saturated heterocycles. The van der Waals surface area contributed by atoms with Crippen LogP contribution in [0.2, 0.25) is 0 Å². The number of hydrogen-bond donors (Lipinski definition) is 1. The maximum atomic E-state index is 5.73. The molecular weight excluding hydrogens is 240 g/mol. The van der Waals surface area contributed by atoms with Crippen LogP contribution < -0.4 is 5.32 Å². The molecule has 0 aromatic carbocycles. The lowest BCUT2D eigenvalue weighted by Gasteiger charge is -2.31. The lowest BCUT2D eigenvalue weighted by molar-refractivity contribution is 0.00201. The van der Waals surface area contributed by atoms with Gasteiger partial charge in [0.25, 0.3) is 0 Å². The van der Waals surface area contributed by atoms with Crippen LogP contribution in [-0.2, 0) is 17.8 Å². The summed E-state index contributed by atoms with van der Waals surface area (Å²) in [5.74, 6) is 1.06. The highest BCUT2D eigenvalue weighted by molar-refractivity contribution is 5.12. The van der Waals surface area contributed by atoms with E-state index in [4.69, 9.17) is 9.15 Å². The van der Waals surface area contributed by atoms with Crippen LogP contribution in [0.5, 0.6) is 0 Å². The lowest BCUT2D eigenvalue weighted by Crippen LogP contribution is -2.39. The predicted molar refractivity (Wildman–Crippen MR) is 76.0 cm³/mol. The summed E-state index contributed by atoms with van der Waals surface area (Å²) in [5, 5.41) is 3.31. The quantitative estimate of drug-likeness (QED) is 0.822. The number of furan rings is 1. The first-order chi connectivity index (χ1) is 9.31. The van der Waals surface area contributed by atoms with Gasteiger partial charge in [0.1, 0.15) is 5.76 Å². The molecule has 2 heterocycles. The van der Waals surface area contributed by atoms with Gasteiger partial charge in [0, 0.05) is 25.3 Å². The smallest absolute Gasteiger partial charge is 0.118 e. The number of hydrogen-bond acceptors (Lipinski definition) is 4. The van der Waals surface area contributed by atoms with Gasteiger partial charge in [-0.15, -0.1) is 0 Å². The average Bonchev–Trinajstić information content (AvgIpc) is 2.85. The molecule has 4 heteroatoms. The van der Waals surface area contributed by atoms with Gasteiger partial charge in [-0.05, 0) is 38.9 Å². The van der Waals surface area contributed by atoms with Gasteiger partial charge >= 0.3 is 0 Å². The molecule has 1 N–H and O–H groups in total. The number of rotatable bonds is 7. The van der Waals surface area contributed by atoms with E-state index in [1.54, 1.807) is 0 Å². The van der Waals surface area contributed by atoms with Crippen molar-refractivity contribution in [3.05, 3.63) is 23.7 Å². The second-order valence-electron chi connectivity index (χ2n) is 5.16. The summed E-state index contributed by atoms with van der Waals surface area (Å²) in [5.41, 5.74) is 1.23. The van der Waals surface area contributed by atoms with Crippen LogP contribution in [0.15, 0.2) is 16.7 Å². The Bertz CT molecular complexity index is 363. The Morgan fingerprint density at radius 1 is 1.47 bits per heavy atom. The third-order valence-corrected chi connectivity index (χ3v) is 3.53. The second-order valence-corrected chi connectivity index (χ2v) is 5.16. The highest BCUT2D eigenvalue weighted by atomic mass is 16.5. The van der Waals surface area contributed by atoms with Crippen LogP contribution in [-0.4, -0.2) is 37.2 Å². The van der Waals surface area contributed by atoms with Crippen LogP contribution in [0.4, 0.5) is 0 Å². The molecule has 0 aliphatic carbocycles. The number of piperidine rings is 1. The van der Waals surface area contributed by atoms with Crippen molar-refractivity contribution >= 4 is 0 Å². The van der Waals surface area contributed by atoms with Crippen molar-refractivity contribution in [2.75, 3.05) is 26.2 Å². The first kappa shape index (κ1) is 14.6. The van der Waals surface area contributed by atoms with Gasteiger partial charge in [-0.3, -0.25) is 4.90 Å². The Morgan fingerprint density at radius 3 is 3.16 bits per heavy atom. The summed E-state index contributed by atoms with van der Waals surface area (Å²) < 4.78 is 11.4. The van der Waals surface area contributed by atoms with Gasteiger partial charge in [0.2, 0.25) is 0 Å². The minimum atomic E-state index is 0.398. The molecule has 0 amide bonds. The van der Waals surface area contributed by atoms with Crippen LogP contribution in [0.3, 0.4) is 0 Å². The Balaban J connectivity index is 1.81. The summed E-state index contributed by atoms with van der Waals surface area (Å²) >= 11 is 0. The molecule has 108 valence electrons. The molecule has 1 unspecified atom stereocenters. The van der Waals surface area contributed by atoms with Gasteiger partial charge < -0.3 is 14.5 Å². The van der Waals surface area contributed by atoms with Gasteiger partial charge in [-0.1, -0.05) is 6.92 Å². The molecule has 1 aromatic heterocycles. The van der Waals surface area contributed by atoms with E-state index in [0.29, 0.717) is 6.10 Å². The Morgan fingerprint density at radius 2 is 2.37 bits per heavy atom. The van der Waals surface area contributed by atoms with E-state index in [1.807, 2.05) is 6.26 Å². The molecule has 1 atom stereocenters. The third-order valence-electron chi connectivity index (χ3n) is 3.53. The van der Waals surface area contributed by atoms with E-state index in [9.17, 15) is 0 Å². The zero-order chi connectivity index (χ0) is 13.5. The monoisotopic (exact) mass is 266 g/mol. The third kappa shape index (κ3) is 4.64. The van der Waals surface area contributed by atoms with Crippen LogP contribution >= 0.6 is 0 Å². The lowest BCUT2D eigenvalue weighted by atomic mass is 10.1. The molecular formula is C15H26N2O2. The first-order valence-corrected chi connectivity index (χ1v) is 7.42. The Labute approximate surface area is 116 Å². The van der Waals surface area contributed by atoms with Crippen molar-refractivity contribution in [1.82, 2.24) is 10.2 Å². The minimum absolute atomic E-state index is 0.398. The van der Waals surface area contributed by atoms with Crippen LogP contribution in [0.25, 0.3) is 0 Å². The SMILES string of the molecule is CCNCc1coc(CN2CCCC(OCC)C2)c1. The number of nitrogens with one attached hydrogen (secondary N) is 1. The fraction of sp³-hybridized carbons (Fsp3) is 0.733. The van der Waals surface area contributed by atoms with Crippen molar-refractivity contribution in [2.24, 2.45) is 0 Å². The summed E-state index contributed by atoms with van der Waals surface area (Å²) in [4.78, 5) is 2.43. The molecule has 1 aromatic rings. The standard InChI is InChI=1S/C15H26N2O2/c1-3-16-9-13-8-15(19-12-13)11-17-7-5-6-14(10-17)18-4-2/h8,12,14,16H,3-7,9-11H2,1-2H3. The summed E-state index contributed by atoms with van der Waals surface area (Å²) in [6.07, 6.45) is 4.67. The van der Waals surface area contributed by atoms with Crippen molar-refractivity contribution in [1.29, 1.82) is 0 Å². The number of nitrogens with zero attached hydrogens (tertiary/aromatic N) is 1. The average molecular weight is 266 g/mol. The Kier molecular flexibility index (Phi) is 5.89. The molecule has 2 rings (SSSR count). The van der Waals surface area contributed by atoms with E-state index in [-0.39, 0.29) is 0 Å². The van der Waals surface area contributed by atoms with E-state index in [1.165, 1.54) is 18.4 Å². The summed E-state index contributed by atoms with van der Waals surface area (Å²) in [7, 11) is 0. The molecule has 0 bridgehead atoms. The molecule has 1 fully saturated rings. The number of likely N-dealkylation sites (tertiary alicyclic amines) is 1. The van der Waals surface area contributed by atoms with Gasteiger partial charge in [-0.2, -0.15) is 0 Å².